The van der Waals surface area contributed by atoms with Gasteiger partial charge >= 0.3 is 0 Å². The van der Waals surface area contributed by atoms with Crippen molar-refractivity contribution in [3.63, 3.8) is 0 Å². The standard InChI is InChI=1S/C13H22/c1-2-4-9-12-7-8-13(9)11-6-3-5-10(11)12/h9-13H,2-8H2,1H3. The summed E-state index contributed by atoms with van der Waals surface area (Å²) in [6, 6.07) is 0. The van der Waals surface area contributed by atoms with E-state index in [0.717, 1.165) is 0 Å². The molecule has 0 nitrogen and oxygen atoms in total. The van der Waals surface area contributed by atoms with E-state index in [-0.39, 0.29) is 0 Å². The molecule has 3 aliphatic carbocycles. The predicted octanol–water partition coefficient (Wildman–Crippen LogP) is 3.86. The van der Waals surface area contributed by atoms with Crippen LogP contribution in [0, 0.1) is 29.6 Å². The highest BCUT2D eigenvalue weighted by Crippen LogP contribution is 2.62. The number of rotatable bonds is 2. The van der Waals surface area contributed by atoms with Gasteiger partial charge in [0.1, 0.15) is 0 Å². The van der Waals surface area contributed by atoms with E-state index in [0.29, 0.717) is 0 Å². The summed E-state index contributed by atoms with van der Waals surface area (Å²) in [5.74, 6) is 5.90. The first-order chi connectivity index (χ1) is 6.42. The van der Waals surface area contributed by atoms with Gasteiger partial charge in [0.05, 0.1) is 0 Å². The van der Waals surface area contributed by atoms with Crippen molar-refractivity contribution < 1.29 is 0 Å². The van der Waals surface area contributed by atoms with Gasteiger partial charge < -0.3 is 0 Å². The first kappa shape index (κ1) is 8.32. The normalized spacial score (nSPS) is 52.8. The van der Waals surface area contributed by atoms with E-state index in [1.54, 1.807) is 38.5 Å². The lowest BCUT2D eigenvalue weighted by Crippen LogP contribution is -2.15. The Morgan fingerprint density at radius 2 is 1.46 bits per heavy atom. The van der Waals surface area contributed by atoms with Gasteiger partial charge in [-0.1, -0.05) is 26.2 Å². The molecule has 0 N–H and O–H groups in total. The Hall–Kier alpha value is 0. The second kappa shape index (κ2) is 3.00. The summed E-state index contributed by atoms with van der Waals surface area (Å²) in [4.78, 5) is 0. The van der Waals surface area contributed by atoms with Crippen LogP contribution in [0.2, 0.25) is 0 Å². The molecule has 3 rings (SSSR count). The summed E-state index contributed by atoms with van der Waals surface area (Å²) in [6.07, 6.45) is 10.9. The van der Waals surface area contributed by atoms with Crippen molar-refractivity contribution in [1.29, 1.82) is 0 Å². The molecular formula is C13H22. The minimum absolute atomic E-state index is 1.17. The topological polar surface area (TPSA) is 0 Å². The number of hydrogen-bond acceptors (Lipinski definition) is 0. The molecule has 0 radical (unpaired) electrons. The molecule has 3 aliphatic rings. The summed E-state index contributed by atoms with van der Waals surface area (Å²) in [6.45, 7) is 2.37. The SMILES string of the molecule is CCCC1C2CCC1C1CCCC12. The summed E-state index contributed by atoms with van der Waals surface area (Å²) in [5.41, 5.74) is 0. The molecule has 0 aromatic rings. The second-order valence-corrected chi connectivity index (χ2v) is 5.62. The zero-order chi connectivity index (χ0) is 8.84. The molecule has 13 heavy (non-hydrogen) atoms. The largest absolute Gasteiger partial charge is 0.0654 e. The Morgan fingerprint density at radius 3 is 2.00 bits per heavy atom. The van der Waals surface area contributed by atoms with Gasteiger partial charge in [0.15, 0.2) is 0 Å². The van der Waals surface area contributed by atoms with Crippen LogP contribution in [0.1, 0.15) is 51.9 Å². The Bertz CT molecular complexity index is 178. The van der Waals surface area contributed by atoms with Gasteiger partial charge in [-0.2, -0.15) is 0 Å². The maximum atomic E-state index is 2.37. The van der Waals surface area contributed by atoms with Crippen LogP contribution in [0.15, 0.2) is 0 Å². The molecular weight excluding hydrogens is 156 g/mol. The Kier molecular flexibility index (Phi) is 1.92. The first-order valence-electron chi connectivity index (χ1n) is 6.42. The van der Waals surface area contributed by atoms with Crippen molar-refractivity contribution in [2.24, 2.45) is 29.6 Å². The molecule has 74 valence electrons. The first-order valence-corrected chi connectivity index (χ1v) is 6.42. The van der Waals surface area contributed by atoms with Crippen molar-refractivity contribution in [1.82, 2.24) is 0 Å². The van der Waals surface area contributed by atoms with Crippen molar-refractivity contribution in [3.05, 3.63) is 0 Å². The van der Waals surface area contributed by atoms with Crippen LogP contribution in [-0.4, -0.2) is 0 Å². The third kappa shape index (κ3) is 1.04. The summed E-state index contributed by atoms with van der Waals surface area (Å²) in [5, 5.41) is 0. The zero-order valence-corrected chi connectivity index (χ0v) is 8.84. The van der Waals surface area contributed by atoms with Gasteiger partial charge in [-0.05, 0) is 55.3 Å². The van der Waals surface area contributed by atoms with E-state index in [4.69, 9.17) is 0 Å². The molecule has 0 spiro atoms. The van der Waals surface area contributed by atoms with Crippen LogP contribution in [0.5, 0.6) is 0 Å². The predicted molar refractivity (Wildman–Crippen MR) is 55.4 cm³/mol. The third-order valence-corrected chi connectivity index (χ3v) is 5.28. The molecule has 4 atom stereocenters. The molecule has 0 aromatic heterocycles. The van der Waals surface area contributed by atoms with Crippen LogP contribution >= 0.6 is 0 Å². The lowest BCUT2D eigenvalue weighted by atomic mass is 9.82. The minimum Gasteiger partial charge on any atom is -0.0654 e. The summed E-state index contributed by atoms with van der Waals surface area (Å²) in [7, 11) is 0. The molecule has 0 heterocycles. The highest BCUT2D eigenvalue weighted by molar-refractivity contribution is 5.03. The van der Waals surface area contributed by atoms with Crippen molar-refractivity contribution >= 4 is 0 Å². The molecule has 0 aliphatic heterocycles. The smallest absolute Gasteiger partial charge is 0.0352 e. The molecule has 0 heteroatoms. The molecule has 4 unspecified atom stereocenters. The van der Waals surface area contributed by atoms with E-state index in [2.05, 4.69) is 6.92 Å². The van der Waals surface area contributed by atoms with E-state index in [9.17, 15) is 0 Å². The zero-order valence-electron chi connectivity index (χ0n) is 8.84. The van der Waals surface area contributed by atoms with Crippen LogP contribution in [0.3, 0.4) is 0 Å². The molecule has 0 saturated heterocycles. The van der Waals surface area contributed by atoms with Crippen molar-refractivity contribution in [3.8, 4) is 0 Å². The quantitative estimate of drug-likeness (QED) is 0.602. The van der Waals surface area contributed by atoms with Crippen molar-refractivity contribution in [2.75, 3.05) is 0 Å². The minimum atomic E-state index is 1.17. The summed E-state index contributed by atoms with van der Waals surface area (Å²) < 4.78 is 0. The van der Waals surface area contributed by atoms with Gasteiger partial charge in [0, 0.05) is 0 Å². The second-order valence-electron chi connectivity index (χ2n) is 5.62. The molecule has 3 fully saturated rings. The summed E-state index contributed by atoms with van der Waals surface area (Å²) >= 11 is 0. The van der Waals surface area contributed by atoms with Gasteiger partial charge in [0.25, 0.3) is 0 Å². The molecule has 3 saturated carbocycles. The van der Waals surface area contributed by atoms with E-state index >= 15 is 0 Å². The maximum Gasteiger partial charge on any atom is -0.0352 e. The van der Waals surface area contributed by atoms with Crippen molar-refractivity contribution in [2.45, 2.75) is 51.9 Å². The highest BCUT2D eigenvalue weighted by Gasteiger charge is 2.54. The Morgan fingerprint density at radius 1 is 0.846 bits per heavy atom. The van der Waals surface area contributed by atoms with Gasteiger partial charge in [-0.3, -0.25) is 0 Å². The lowest BCUT2D eigenvalue weighted by molar-refractivity contribution is 0.259. The molecule has 0 aromatic carbocycles. The van der Waals surface area contributed by atoms with Crippen LogP contribution in [0.25, 0.3) is 0 Å². The number of fused-ring (bicyclic) bond motifs is 5. The third-order valence-electron chi connectivity index (χ3n) is 5.28. The fraction of sp³-hybridized carbons (Fsp3) is 1.00. The van der Waals surface area contributed by atoms with Gasteiger partial charge in [-0.25, -0.2) is 0 Å². The van der Waals surface area contributed by atoms with E-state index < -0.39 is 0 Å². The molecule has 2 bridgehead atoms. The van der Waals surface area contributed by atoms with E-state index in [1.165, 1.54) is 36.0 Å². The average molecular weight is 178 g/mol. The van der Waals surface area contributed by atoms with E-state index in [1.807, 2.05) is 0 Å². The average Bonchev–Trinajstić information content (AvgIpc) is 2.75. The fourth-order valence-corrected chi connectivity index (χ4v) is 5.04. The lowest BCUT2D eigenvalue weighted by Gasteiger charge is -2.23. The fourth-order valence-electron chi connectivity index (χ4n) is 5.04. The molecule has 0 amide bonds. The van der Waals surface area contributed by atoms with Gasteiger partial charge in [-0.15, -0.1) is 0 Å². The van der Waals surface area contributed by atoms with Gasteiger partial charge in [0.2, 0.25) is 0 Å². The monoisotopic (exact) mass is 178 g/mol. The number of hydrogen-bond donors (Lipinski definition) is 0. The Labute approximate surface area is 82.1 Å². The highest BCUT2D eigenvalue weighted by atomic mass is 14.6. The Balaban J connectivity index is 1.80. The van der Waals surface area contributed by atoms with Crippen LogP contribution in [-0.2, 0) is 0 Å². The van der Waals surface area contributed by atoms with Crippen LogP contribution < -0.4 is 0 Å². The maximum absolute atomic E-state index is 2.37. The van der Waals surface area contributed by atoms with Crippen LogP contribution in [0.4, 0.5) is 0 Å².